The van der Waals surface area contributed by atoms with E-state index in [1.54, 1.807) is 7.11 Å². The number of aryl methyl sites for hydroxylation is 2. The van der Waals surface area contributed by atoms with Crippen LogP contribution in [0, 0.1) is 19.8 Å². The van der Waals surface area contributed by atoms with E-state index in [0.717, 1.165) is 64.9 Å². The second kappa shape index (κ2) is 8.67. The maximum Gasteiger partial charge on any atom is 0.165 e. The monoisotopic (exact) mass is 442 g/mol. The van der Waals surface area contributed by atoms with Crippen molar-refractivity contribution >= 4 is 23.9 Å². The molecule has 7 heteroatoms. The van der Waals surface area contributed by atoms with E-state index >= 15 is 0 Å². The average Bonchev–Trinajstić information content (AvgIpc) is 3.32. The molecule has 6 nitrogen and oxygen atoms in total. The van der Waals surface area contributed by atoms with Gasteiger partial charge in [0.2, 0.25) is 0 Å². The predicted octanol–water partition coefficient (Wildman–Crippen LogP) is 5.10. The SMILES string of the molecule is CCCN(CC1CC1)c1c2c(nc3c(-c4ccc(OC)cc4C)c(C)nn13)COC2.Cl. The molecule has 0 spiro atoms. The largest absolute Gasteiger partial charge is 0.497 e. The number of benzene rings is 1. The zero-order chi connectivity index (χ0) is 20.8. The van der Waals surface area contributed by atoms with Gasteiger partial charge in [0.25, 0.3) is 0 Å². The molecule has 0 bridgehead atoms. The zero-order valence-corrected chi connectivity index (χ0v) is 19.6. The van der Waals surface area contributed by atoms with Gasteiger partial charge in [-0.2, -0.15) is 9.61 Å². The van der Waals surface area contributed by atoms with Crippen molar-refractivity contribution in [1.82, 2.24) is 14.6 Å². The Bertz CT molecular complexity index is 1110. The first-order chi connectivity index (χ1) is 14.6. The van der Waals surface area contributed by atoms with Crippen LogP contribution in [-0.4, -0.2) is 34.8 Å². The average molecular weight is 443 g/mol. The fourth-order valence-corrected chi connectivity index (χ4v) is 4.58. The third-order valence-electron chi connectivity index (χ3n) is 6.25. The summed E-state index contributed by atoms with van der Waals surface area (Å²) in [5, 5.41) is 5.01. The fourth-order valence-electron chi connectivity index (χ4n) is 4.58. The van der Waals surface area contributed by atoms with E-state index in [4.69, 9.17) is 19.6 Å². The maximum atomic E-state index is 5.83. The summed E-state index contributed by atoms with van der Waals surface area (Å²) >= 11 is 0. The quantitative estimate of drug-likeness (QED) is 0.509. The topological polar surface area (TPSA) is 51.9 Å². The van der Waals surface area contributed by atoms with Crippen molar-refractivity contribution in [3.63, 3.8) is 0 Å². The van der Waals surface area contributed by atoms with Gasteiger partial charge in [-0.25, -0.2) is 4.98 Å². The van der Waals surface area contributed by atoms with Crippen LogP contribution in [0.25, 0.3) is 16.8 Å². The summed E-state index contributed by atoms with van der Waals surface area (Å²) in [6.45, 7) is 9.77. The standard InChI is InChI=1S/C24H30N4O2.ClH/c1-5-10-27(12-17-6-7-17)24-20-13-30-14-21(20)25-23-22(16(3)26-28(23)24)19-9-8-18(29-4)11-15(19)2;/h8-9,11,17H,5-7,10,12-14H2,1-4H3;1H. The number of hydrogen-bond acceptors (Lipinski definition) is 5. The number of anilines is 1. The molecule has 1 aromatic carbocycles. The molecule has 1 fully saturated rings. The number of rotatable bonds is 7. The van der Waals surface area contributed by atoms with Crippen LogP contribution in [0.1, 0.15) is 48.7 Å². The Hall–Kier alpha value is -2.31. The molecule has 31 heavy (non-hydrogen) atoms. The Morgan fingerprint density at radius 2 is 2.03 bits per heavy atom. The molecule has 0 N–H and O–H groups in total. The van der Waals surface area contributed by atoms with E-state index in [2.05, 4.69) is 42.3 Å². The molecule has 0 atom stereocenters. The van der Waals surface area contributed by atoms with Crippen LogP contribution in [0.5, 0.6) is 5.75 Å². The Kier molecular flexibility index (Phi) is 6.13. The summed E-state index contributed by atoms with van der Waals surface area (Å²) in [6.07, 6.45) is 3.78. The highest BCUT2D eigenvalue weighted by Gasteiger charge is 2.31. The van der Waals surface area contributed by atoms with Gasteiger partial charge in [-0.3, -0.25) is 0 Å². The van der Waals surface area contributed by atoms with Crippen molar-refractivity contribution in [3.8, 4) is 16.9 Å². The van der Waals surface area contributed by atoms with E-state index in [-0.39, 0.29) is 12.4 Å². The molecule has 1 aliphatic heterocycles. The molecular formula is C24H31ClN4O2. The molecule has 0 amide bonds. The van der Waals surface area contributed by atoms with Gasteiger partial charge in [-0.15, -0.1) is 12.4 Å². The molecule has 1 saturated carbocycles. The number of nitrogens with zero attached hydrogens (tertiary/aromatic N) is 4. The van der Waals surface area contributed by atoms with Crippen LogP contribution in [0.3, 0.4) is 0 Å². The number of aromatic nitrogens is 3. The van der Waals surface area contributed by atoms with Crippen LogP contribution in [0.2, 0.25) is 0 Å². The first kappa shape index (κ1) is 21.9. The highest BCUT2D eigenvalue weighted by atomic mass is 35.5. The van der Waals surface area contributed by atoms with Crippen LogP contribution < -0.4 is 9.64 Å². The summed E-state index contributed by atoms with van der Waals surface area (Å²) in [4.78, 5) is 7.58. The Labute approximate surface area is 190 Å². The first-order valence-corrected chi connectivity index (χ1v) is 11.0. The zero-order valence-electron chi connectivity index (χ0n) is 18.8. The van der Waals surface area contributed by atoms with Crippen molar-refractivity contribution in [1.29, 1.82) is 0 Å². The number of hydrogen-bond donors (Lipinski definition) is 0. The number of halogens is 1. The van der Waals surface area contributed by atoms with Gasteiger partial charge in [0, 0.05) is 24.2 Å². The van der Waals surface area contributed by atoms with Crippen molar-refractivity contribution in [2.45, 2.75) is 53.2 Å². The molecule has 3 heterocycles. The summed E-state index contributed by atoms with van der Waals surface area (Å²) in [6, 6.07) is 6.21. The molecule has 1 aliphatic carbocycles. The molecular weight excluding hydrogens is 412 g/mol. The lowest BCUT2D eigenvalue weighted by Crippen LogP contribution is -2.30. The van der Waals surface area contributed by atoms with Crippen LogP contribution in [-0.2, 0) is 18.0 Å². The van der Waals surface area contributed by atoms with Crippen molar-refractivity contribution in [2.75, 3.05) is 25.1 Å². The lowest BCUT2D eigenvalue weighted by Gasteiger charge is -2.26. The van der Waals surface area contributed by atoms with Gasteiger partial charge in [0.15, 0.2) is 5.65 Å². The minimum absolute atomic E-state index is 0. The van der Waals surface area contributed by atoms with Crippen molar-refractivity contribution < 1.29 is 9.47 Å². The molecule has 5 rings (SSSR count). The number of fused-ring (bicyclic) bond motifs is 2. The predicted molar refractivity (Wildman–Crippen MR) is 125 cm³/mol. The number of ether oxygens (including phenoxy) is 2. The van der Waals surface area contributed by atoms with Gasteiger partial charge in [-0.05, 0) is 62.3 Å². The Morgan fingerprint density at radius 1 is 1.23 bits per heavy atom. The van der Waals surface area contributed by atoms with E-state index in [1.807, 2.05) is 6.07 Å². The van der Waals surface area contributed by atoms with Gasteiger partial charge in [-0.1, -0.05) is 13.0 Å². The minimum atomic E-state index is 0. The van der Waals surface area contributed by atoms with E-state index in [9.17, 15) is 0 Å². The van der Waals surface area contributed by atoms with Gasteiger partial charge in [0.1, 0.15) is 11.6 Å². The third kappa shape index (κ3) is 3.87. The van der Waals surface area contributed by atoms with E-state index in [1.165, 1.54) is 24.2 Å². The summed E-state index contributed by atoms with van der Waals surface area (Å²) in [5.74, 6) is 2.85. The molecule has 166 valence electrons. The second-order valence-electron chi connectivity index (χ2n) is 8.62. The smallest absolute Gasteiger partial charge is 0.165 e. The lowest BCUT2D eigenvalue weighted by atomic mass is 10.0. The molecule has 0 saturated heterocycles. The Balaban J connectivity index is 0.00000231. The first-order valence-electron chi connectivity index (χ1n) is 11.0. The van der Waals surface area contributed by atoms with Gasteiger partial charge >= 0.3 is 0 Å². The maximum absolute atomic E-state index is 5.83. The van der Waals surface area contributed by atoms with Crippen molar-refractivity contribution in [3.05, 3.63) is 40.7 Å². The minimum Gasteiger partial charge on any atom is -0.497 e. The highest BCUT2D eigenvalue weighted by Crippen LogP contribution is 2.39. The van der Waals surface area contributed by atoms with Crippen LogP contribution >= 0.6 is 12.4 Å². The lowest BCUT2D eigenvalue weighted by molar-refractivity contribution is 0.133. The Morgan fingerprint density at radius 3 is 2.71 bits per heavy atom. The summed E-state index contributed by atoms with van der Waals surface area (Å²) < 4.78 is 13.3. The normalized spacial score (nSPS) is 15.1. The van der Waals surface area contributed by atoms with Crippen LogP contribution in [0.15, 0.2) is 18.2 Å². The fraction of sp³-hybridized carbons (Fsp3) is 0.500. The number of methoxy groups -OCH3 is 1. The third-order valence-corrected chi connectivity index (χ3v) is 6.25. The molecule has 2 aromatic heterocycles. The summed E-state index contributed by atoms with van der Waals surface area (Å²) in [5.41, 5.74) is 7.62. The van der Waals surface area contributed by atoms with Crippen LogP contribution in [0.4, 0.5) is 5.82 Å². The molecule has 0 unspecified atom stereocenters. The summed E-state index contributed by atoms with van der Waals surface area (Å²) in [7, 11) is 1.70. The molecule has 3 aromatic rings. The van der Waals surface area contributed by atoms with Crippen molar-refractivity contribution in [2.24, 2.45) is 5.92 Å². The highest BCUT2D eigenvalue weighted by molar-refractivity contribution is 5.85. The molecule has 0 radical (unpaired) electrons. The second-order valence-corrected chi connectivity index (χ2v) is 8.62. The van der Waals surface area contributed by atoms with E-state index < -0.39 is 0 Å². The molecule has 2 aliphatic rings. The van der Waals surface area contributed by atoms with Gasteiger partial charge < -0.3 is 14.4 Å². The van der Waals surface area contributed by atoms with E-state index in [0.29, 0.717) is 13.2 Å². The van der Waals surface area contributed by atoms with Gasteiger partial charge in [0.05, 0.1) is 31.7 Å².